The number of hydrogen-bond donors (Lipinski definition) is 0. The van der Waals surface area contributed by atoms with E-state index in [1.807, 2.05) is 17.9 Å². The number of aryl methyl sites for hydroxylation is 1. The lowest BCUT2D eigenvalue weighted by Gasteiger charge is -2.36. The van der Waals surface area contributed by atoms with Crippen molar-refractivity contribution in [1.29, 1.82) is 0 Å². The van der Waals surface area contributed by atoms with E-state index >= 15 is 0 Å². The van der Waals surface area contributed by atoms with Crippen LogP contribution in [0.25, 0.3) is 0 Å². The van der Waals surface area contributed by atoms with Gasteiger partial charge in [0, 0.05) is 50.5 Å². The molecule has 23 heavy (non-hydrogen) atoms. The van der Waals surface area contributed by atoms with Crippen molar-refractivity contribution in [2.24, 2.45) is 0 Å². The van der Waals surface area contributed by atoms with Crippen molar-refractivity contribution in [1.82, 2.24) is 14.9 Å². The highest BCUT2D eigenvalue weighted by Gasteiger charge is 2.30. The Hall–Kier alpha value is -1.69. The van der Waals surface area contributed by atoms with Crippen LogP contribution in [0.5, 0.6) is 0 Å². The molecule has 0 radical (unpaired) electrons. The van der Waals surface area contributed by atoms with Crippen LogP contribution in [-0.4, -0.2) is 59.7 Å². The van der Waals surface area contributed by atoms with Gasteiger partial charge in [0.15, 0.2) is 0 Å². The number of ether oxygens (including phenoxy) is 1. The molecular weight excluding hydrogens is 292 g/mol. The largest absolute Gasteiger partial charge is 0.368 e. The fourth-order valence-corrected chi connectivity index (χ4v) is 3.13. The van der Waals surface area contributed by atoms with Crippen LogP contribution in [0.1, 0.15) is 44.1 Å². The third-order valence-electron chi connectivity index (χ3n) is 4.49. The predicted molar refractivity (Wildman–Crippen MR) is 88.6 cm³/mol. The van der Waals surface area contributed by atoms with Gasteiger partial charge in [0.2, 0.25) is 0 Å². The van der Waals surface area contributed by atoms with Gasteiger partial charge in [-0.25, -0.2) is 9.97 Å². The van der Waals surface area contributed by atoms with Crippen molar-refractivity contribution in [3.8, 4) is 0 Å². The van der Waals surface area contributed by atoms with Crippen molar-refractivity contribution in [2.75, 3.05) is 37.7 Å². The maximum atomic E-state index is 12.4. The van der Waals surface area contributed by atoms with Crippen LogP contribution in [0, 0.1) is 6.92 Å². The Kier molecular flexibility index (Phi) is 4.80. The van der Waals surface area contributed by atoms with Crippen molar-refractivity contribution >= 4 is 11.7 Å². The minimum absolute atomic E-state index is 0.156. The van der Waals surface area contributed by atoms with Crippen LogP contribution < -0.4 is 4.90 Å². The molecule has 0 bridgehead atoms. The van der Waals surface area contributed by atoms with Gasteiger partial charge in [-0.05, 0) is 19.8 Å². The average Bonchev–Trinajstić information content (AvgIpc) is 3.08. The molecule has 0 N–H and O–H groups in total. The van der Waals surface area contributed by atoms with Crippen LogP contribution in [0.3, 0.4) is 0 Å². The van der Waals surface area contributed by atoms with E-state index in [4.69, 9.17) is 9.72 Å². The quantitative estimate of drug-likeness (QED) is 0.849. The molecule has 1 aromatic rings. The first-order valence-corrected chi connectivity index (χ1v) is 8.55. The number of amides is 1. The van der Waals surface area contributed by atoms with Crippen molar-refractivity contribution in [2.45, 2.75) is 45.6 Å². The molecule has 1 atom stereocenters. The molecule has 3 heterocycles. The first-order chi connectivity index (χ1) is 11.0. The van der Waals surface area contributed by atoms with Crippen LogP contribution in [0.15, 0.2) is 6.07 Å². The summed E-state index contributed by atoms with van der Waals surface area (Å²) in [5.74, 6) is 2.34. The topological polar surface area (TPSA) is 58.6 Å². The zero-order valence-electron chi connectivity index (χ0n) is 14.3. The Morgan fingerprint density at radius 2 is 2.00 bits per heavy atom. The Morgan fingerprint density at radius 3 is 2.61 bits per heavy atom. The Bertz CT molecular complexity index is 562. The molecule has 6 nitrogen and oxygen atoms in total. The second-order valence-electron chi connectivity index (χ2n) is 6.69. The molecule has 0 spiro atoms. The lowest BCUT2D eigenvalue weighted by Crippen LogP contribution is -2.51. The zero-order chi connectivity index (χ0) is 16.4. The fourth-order valence-electron chi connectivity index (χ4n) is 3.13. The summed E-state index contributed by atoms with van der Waals surface area (Å²) in [6.45, 7) is 10.0. The molecule has 0 aromatic carbocycles. The zero-order valence-corrected chi connectivity index (χ0v) is 14.3. The second-order valence-corrected chi connectivity index (χ2v) is 6.69. The highest BCUT2D eigenvalue weighted by Crippen LogP contribution is 2.20. The lowest BCUT2D eigenvalue weighted by molar-refractivity contribution is -0.141. The number of aromatic nitrogens is 2. The lowest BCUT2D eigenvalue weighted by atomic mass is 10.2. The molecule has 2 fully saturated rings. The molecule has 1 amide bonds. The van der Waals surface area contributed by atoms with Crippen molar-refractivity contribution in [3.63, 3.8) is 0 Å². The molecule has 1 aromatic heterocycles. The summed E-state index contributed by atoms with van der Waals surface area (Å²) in [5, 5.41) is 0. The van der Waals surface area contributed by atoms with E-state index in [1.165, 1.54) is 0 Å². The SMILES string of the molecule is Cc1cc(N2CCN(C(=O)C3CCCO3)CC2)nc(C(C)C)n1. The van der Waals surface area contributed by atoms with Crippen LogP contribution in [0.4, 0.5) is 5.82 Å². The molecule has 0 saturated carbocycles. The number of nitrogens with zero attached hydrogens (tertiary/aromatic N) is 4. The summed E-state index contributed by atoms with van der Waals surface area (Å²) in [5.41, 5.74) is 0.997. The maximum Gasteiger partial charge on any atom is 0.251 e. The monoisotopic (exact) mass is 318 g/mol. The standard InChI is InChI=1S/C17H26N4O2/c1-12(2)16-18-13(3)11-15(19-16)20-6-8-21(9-7-20)17(22)14-5-4-10-23-14/h11-12,14H,4-10H2,1-3H3. The minimum atomic E-state index is -0.213. The smallest absolute Gasteiger partial charge is 0.251 e. The van der Waals surface area contributed by atoms with Crippen LogP contribution in [0.2, 0.25) is 0 Å². The van der Waals surface area contributed by atoms with E-state index in [2.05, 4.69) is 23.7 Å². The minimum Gasteiger partial charge on any atom is -0.368 e. The highest BCUT2D eigenvalue weighted by atomic mass is 16.5. The van der Waals surface area contributed by atoms with E-state index in [1.54, 1.807) is 0 Å². The molecule has 2 aliphatic heterocycles. The van der Waals surface area contributed by atoms with Crippen molar-refractivity contribution in [3.05, 3.63) is 17.6 Å². The number of carbonyl (C=O) groups excluding carboxylic acids is 1. The fraction of sp³-hybridized carbons (Fsp3) is 0.706. The summed E-state index contributed by atoms with van der Waals surface area (Å²) >= 11 is 0. The number of rotatable bonds is 3. The molecule has 3 rings (SSSR count). The second kappa shape index (κ2) is 6.83. The summed E-state index contributed by atoms with van der Waals surface area (Å²) in [7, 11) is 0. The van der Waals surface area contributed by atoms with E-state index < -0.39 is 0 Å². The molecule has 2 aliphatic rings. The van der Waals surface area contributed by atoms with Gasteiger partial charge < -0.3 is 14.5 Å². The summed E-state index contributed by atoms with van der Waals surface area (Å²) in [6, 6.07) is 2.03. The first-order valence-electron chi connectivity index (χ1n) is 8.55. The number of carbonyl (C=O) groups is 1. The molecule has 126 valence electrons. The van der Waals surface area contributed by atoms with Gasteiger partial charge in [-0.1, -0.05) is 13.8 Å². The van der Waals surface area contributed by atoms with Gasteiger partial charge in [0.05, 0.1) is 0 Å². The van der Waals surface area contributed by atoms with E-state index in [-0.39, 0.29) is 12.0 Å². The van der Waals surface area contributed by atoms with E-state index in [0.29, 0.717) is 12.5 Å². The Balaban J connectivity index is 1.63. The summed E-state index contributed by atoms with van der Waals surface area (Å²) < 4.78 is 5.51. The summed E-state index contributed by atoms with van der Waals surface area (Å²) in [4.78, 5) is 25.8. The van der Waals surface area contributed by atoms with Gasteiger partial charge in [-0.2, -0.15) is 0 Å². The molecular formula is C17H26N4O2. The summed E-state index contributed by atoms with van der Waals surface area (Å²) in [6.07, 6.45) is 1.64. The third kappa shape index (κ3) is 3.63. The van der Waals surface area contributed by atoms with Crippen molar-refractivity contribution < 1.29 is 9.53 Å². The number of anilines is 1. The van der Waals surface area contributed by atoms with Gasteiger partial charge in [0.1, 0.15) is 17.7 Å². The molecule has 6 heteroatoms. The van der Waals surface area contributed by atoms with Gasteiger partial charge in [-0.15, -0.1) is 0 Å². The van der Waals surface area contributed by atoms with Gasteiger partial charge >= 0.3 is 0 Å². The van der Waals surface area contributed by atoms with Gasteiger partial charge in [-0.3, -0.25) is 4.79 Å². The molecule has 0 aliphatic carbocycles. The Labute approximate surface area is 137 Å². The first kappa shape index (κ1) is 16.2. The average molecular weight is 318 g/mol. The van der Waals surface area contributed by atoms with Crippen LogP contribution >= 0.6 is 0 Å². The Morgan fingerprint density at radius 1 is 1.26 bits per heavy atom. The maximum absolute atomic E-state index is 12.4. The van der Waals surface area contributed by atoms with Crippen LogP contribution in [-0.2, 0) is 9.53 Å². The molecule has 1 unspecified atom stereocenters. The van der Waals surface area contributed by atoms with E-state index in [0.717, 1.165) is 56.4 Å². The number of piperazine rings is 1. The highest BCUT2D eigenvalue weighted by molar-refractivity contribution is 5.81. The number of hydrogen-bond acceptors (Lipinski definition) is 5. The molecule has 2 saturated heterocycles. The predicted octanol–water partition coefficient (Wildman–Crippen LogP) is 1.74. The van der Waals surface area contributed by atoms with E-state index in [9.17, 15) is 4.79 Å². The van der Waals surface area contributed by atoms with Gasteiger partial charge in [0.25, 0.3) is 5.91 Å². The third-order valence-corrected chi connectivity index (χ3v) is 4.49. The normalized spacial score (nSPS) is 22.0.